The number of benzene rings is 2. The van der Waals surface area contributed by atoms with E-state index in [1.807, 2.05) is 6.92 Å². The first-order chi connectivity index (χ1) is 16.7. The summed E-state index contributed by atoms with van der Waals surface area (Å²) >= 11 is 0. The summed E-state index contributed by atoms with van der Waals surface area (Å²) in [6.45, 7) is 5.19. The van der Waals surface area contributed by atoms with Crippen LogP contribution in [0.4, 0.5) is 0 Å². The zero-order chi connectivity index (χ0) is 25.3. The van der Waals surface area contributed by atoms with Crippen molar-refractivity contribution in [3.05, 3.63) is 69.7 Å². The van der Waals surface area contributed by atoms with Crippen molar-refractivity contribution in [1.82, 2.24) is 10.3 Å². The lowest BCUT2D eigenvalue weighted by Crippen LogP contribution is -2.47. The van der Waals surface area contributed by atoms with Crippen molar-refractivity contribution in [2.75, 3.05) is 0 Å². The van der Waals surface area contributed by atoms with Crippen LogP contribution in [0.1, 0.15) is 30.5 Å². The lowest BCUT2D eigenvalue weighted by Gasteiger charge is -2.20. The van der Waals surface area contributed by atoms with Gasteiger partial charge in [-0.3, -0.25) is 4.79 Å². The number of nitrogens with one attached hydrogen (secondary N) is 2. The normalized spacial score (nSPS) is 13.0. The van der Waals surface area contributed by atoms with Crippen LogP contribution in [0.15, 0.2) is 51.8 Å². The van der Waals surface area contributed by atoms with Crippen LogP contribution in [-0.2, 0) is 22.4 Å². The molecule has 2 aromatic carbocycles. The van der Waals surface area contributed by atoms with Crippen molar-refractivity contribution < 1.29 is 29.0 Å². The Bertz CT molecular complexity index is 1480. The van der Waals surface area contributed by atoms with Gasteiger partial charge in [-0.05, 0) is 61.7 Å². The highest BCUT2D eigenvalue weighted by molar-refractivity contribution is 5.89. The fraction of sp³-hybridized carbons (Fsp3) is 0.269. The first-order valence-corrected chi connectivity index (χ1v) is 11.2. The quantitative estimate of drug-likeness (QED) is 0.284. The number of H-pyrrole nitrogens is 1. The summed E-state index contributed by atoms with van der Waals surface area (Å²) in [6.07, 6.45) is 1.31. The standard InChI is InChI=1S/C26H26N2O7/c1-4-15-10-23(30)35-24-13(2)22(8-6-18(15)24)34-14(3)25(31)28-21(26(32)33)9-16-12-27-20-7-5-17(29)11-19(16)20/h5-8,10-12,14,21,27,29H,4,9H2,1-3H3,(H,28,31)(H,32,33). The van der Waals surface area contributed by atoms with Gasteiger partial charge in [-0.15, -0.1) is 0 Å². The summed E-state index contributed by atoms with van der Waals surface area (Å²) in [7, 11) is 0. The molecule has 182 valence electrons. The van der Waals surface area contributed by atoms with E-state index >= 15 is 0 Å². The Hall–Kier alpha value is -4.27. The molecule has 2 heterocycles. The minimum absolute atomic E-state index is 0.0111. The Morgan fingerprint density at radius 2 is 1.91 bits per heavy atom. The van der Waals surface area contributed by atoms with Gasteiger partial charge >= 0.3 is 11.6 Å². The van der Waals surface area contributed by atoms with E-state index in [0.717, 1.165) is 16.5 Å². The van der Waals surface area contributed by atoms with E-state index in [1.54, 1.807) is 37.4 Å². The third-order valence-electron chi connectivity index (χ3n) is 6.04. The number of carboxylic acid groups (broad SMARTS) is 1. The number of phenolic OH excluding ortho intramolecular Hbond substituents is 1. The van der Waals surface area contributed by atoms with E-state index in [2.05, 4.69) is 10.3 Å². The van der Waals surface area contributed by atoms with Crippen LogP contribution in [0.25, 0.3) is 21.9 Å². The highest BCUT2D eigenvalue weighted by Crippen LogP contribution is 2.29. The summed E-state index contributed by atoms with van der Waals surface area (Å²) in [5.74, 6) is -1.39. The number of carbonyl (C=O) groups excluding carboxylic acids is 1. The van der Waals surface area contributed by atoms with Crippen LogP contribution in [0, 0.1) is 6.92 Å². The molecule has 0 saturated heterocycles. The number of carbonyl (C=O) groups is 2. The molecule has 0 radical (unpaired) electrons. The van der Waals surface area contributed by atoms with Crippen LogP contribution in [0.3, 0.4) is 0 Å². The van der Waals surface area contributed by atoms with Crippen molar-refractivity contribution in [2.45, 2.75) is 45.8 Å². The first-order valence-electron chi connectivity index (χ1n) is 11.2. The molecule has 4 aromatic rings. The van der Waals surface area contributed by atoms with E-state index in [1.165, 1.54) is 19.1 Å². The third kappa shape index (κ3) is 4.84. The van der Waals surface area contributed by atoms with Crippen LogP contribution >= 0.6 is 0 Å². The van der Waals surface area contributed by atoms with Gasteiger partial charge in [-0.25, -0.2) is 9.59 Å². The Balaban J connectivity index is 1.52. The van der Waals surface area contributed by atoms with Crippen molar-refractivity contribution in [3.8, 4) is 11.5 Å². The molecule has 0 aliphatic carbocycles. The van der Waals surface area contributed by atoms with Crippen LogP contribution in [0.5, 0.6) is 11.5 Å². The first kappa shape index (κ1) is 23.9. The van der Waals surface area contributed by atoms with E-state index in [9.17, 15) is 24.6 Å². The number of amides is 1. The molecule has 35 heavy (non-hydrogen) atoms. The number of aromatic hydroxyl groups is 1. The summed E-state index contributed by atoms with van der Waals surface area (Å²) < 4.78 is 11.2. The smallest absolute Gasteiger partial charge is 0.336 e. The van der Waals surface area contributed by atoms with Crippen LogP contribution in [0.2, 0.25) is 0 Å². The van der Waals surface area contributed by atoms with Gasteiger partial charge in [0.2, 0.25) is 0 Å². The maximum Gasteiger partial charge on any atom is 0.336 e. The number of carboxylic acids is 1. The molecule has 4 rings (SSSR count). The van der Waals surface area contributed by atoms with E-state index in [4.69, 9.17) is 9.15 Å². The number of ether oxygens (including phenoxy) is 1. The Kier molecular flexibility index (Phi) is 6.50. The minimum Gasteiger partial charge on any atom is -0.508 e. The lowest BCUT2D eigenvalue weighted by atomic mass is 10.0. The summed E-state index contributed by atoms with van der Waals surface area (Å²) in [4.78, 5) is 39.7. The second-order valence-electron chi connectivity index (χ2n) is 8.42. The monoisotopic (exact) mass is 478 g/mol. The summed E-state index contributed by atoms with van der Waals surface area (Å²) in [5, 5.41) is 23.5. The molecule has 4 N–H and O–H groups in total. The van der Waals surface area contributed by atoms with Gasteiger partial charge in [0.1, 0.15) is 23.1 Å². The maximum atomic E-state index is 12.8. The van der Waals surface area contributed by atoms with Gasteiger partial charge in [0.15, 0.2) is 6.10 Å². The molecular formula is C26H26N2O7. The van der Waals surface area contributed by atoms with Crippen LogP contribution < -0.4 is 15.7 Å². The second kappa shape index (κ2) is 9.54. The molecule has 0 bridgehead atoms. The highest BCUT2D eigenvalue weighted by atomic mass is 16.5. The predicted octanol–water partition coefficient (Wildman–Crippen LogP) is 3.43. The van der Waals surface area contributed by atoms with Gasteiger partial charge < -0.3 is 29.7 Å². The van der Waals surface area contributed by atoms with E-state index in [0.29, 0.717) is 34.3 Å². The Morgan fingerprint density at radius 3 is 2.63 bits per heavy atom. The zero-order valence-corrected chi connectivity index (χ0v) is 19.5. The van der Waals surface area contributed by atoms with E-state index < -0.39 is 29.6 Å². The number of aliphatic carboxylic acids is 1. The molecule has 0 fully saturated rings. The number of aromatic nitrogens is 1. The predicted molar refractivity (Wildman–Crippen MR) is 130 cm³/mol. The number of hydrogen-bond acceptors (Lipinski definition) is 6. The van der Waals surface area contributed by atoms with Gasteiger partial charge in [0.25, 0.3) is 5.91 Å². The molecule has 0 saturated carbocycles. The largest absolute Gasteiger partial charge is 0.508 e. The average molecular weight is 479 g/mol. The number of aromatic amines is 1. The number of fused-ring (bicyclic) bond motifs is 2. The molecule has 2 aromatic heterocycles. The summed E-state index contributed by atoms with van der Waals surface area (Å²) in [6, 6.07) is 8.48. The SMILES string of the molecule is CCc1cc(=O)oc2c(C)c(OC(C)C(=O)NC(Cc3c[nH]c4ccc(O)cc34)C(=O)O)ccc12. The molecule has 0 spiro atoms. The number of aryl methyl sites for hydroxylation is 2. The summed E-state index contributed by atoms with van der Waals surface area (Å²) in [5.41, 5.74) is 2.74. The average Bonchev–Trinajstić information content (AvgIpc) is 3.21. The number of phenols is 1. The zero-order valence-electron chi connectivity index (χ0n) is 19.5. The molecule has 0 aliphatic heterocycles. The fourth-order valence-electron chi connectivity index (χ4n) is 4.12. The highest BCUT2D eigenvalue weighted by Gasteiger charge is 2.26. The van der Waals surface area contributed by atoms with Gasteiger partial charge in [-0.1, -0.05) is 6.92 Å². The van der Waals surface area contributed by atoms with Gasteiger partial charge in [0, 0.05) is 40.5 Å². The van der Waals surface area contributed by atoms with Crippen molar-refractivity contribution in [1.29, 1.82) is 0 Å². The van der Waals surface area contributed by atoms with Crippen molar-refractivity contribution in [3.63, 3.8) is 0 Å². The maximum absolute atomic E-state index is 12.8. The number of hydrogen-bond donors (Lipinski definition) is 4. The third-order valence-corrected chi connectivity index (χ3v) is 6.04. The van der Waals surface area contributed by atoms with Crippen molar-refractivity contribution in [2.24, 2.45) is 0 Å². The molecule has 2 unspecified atom stereocenters. The minimum atomic E-state index is -1.21. The molecule has 9 heteroatoms. The molecule has 9 nitrogen and oxygen atoms in total. The Morgan fingerprint density at radius 1 is 1.14 bits per heavy atom. The second-order valence-corrected chi connectivity index (χ2v) is 8.42. The van der Waals surface area contributed by atoms with Gasteiger partial charge in [-0.2, -0.15) is 0 Å². The Labute approximate surface area is 200 Å². The van der Waals surface area contributed by atoms with Crippen LogP contribution in [-0.4, -0.2) is 39.2 Å². The fourth-order valence-corrected chi connectivity index (χ4v) is 4.12. The van der Waals surface area contributed by atoms with E-state index in [-0.39, 0.29) is 12.2 Å². The lowest BCUT2D eigenvalue weighted by molar-refractivity contribution is -0.142. The van der Waals surface area contributed by atoms with Crippen molar-refractivity contribution >= 4 is 33.7 Å². The number of rotatable bonds is 8. The van der Waals surface area contributed by atoms with Gasteiger partial charge in [0.05, 0.1) is 0 Å². The molecular weight excluding hydrogens is 452 g/mol. The molecule has 0 aliphatic rings. The molecule has 2 atom stereocenters. The molecule has 1 amide bonds. The topological polar surface area (TPSA) is 142 Å².